The molecule has 0 amide bonds. The summed E-state index contributed by atoms with van der Waals surface area (Å²) in [4.78, 5) is 0. The summed E-state index contributed by atoms with van der Waals surface area (Å²) in [5.74, 6) is 0. The molecule has 1 aromatic rings. The maximum atomic E-state index is 11.9. The van der Waals surface area contributed by atoms with Crippen LogP contribution in [0.2, 0.25) is 0 Å². The molecular formula is C12H17F2NO2. The van der Waals surface area contributed by atoms with E-state index in [4.69, 9.17) is 4.74 Å². The standard InChI is InChI=1S/C12H17F2NO2/c13-12(14)8-17-7-6-15-5-4-9-10(15)2-1-3-11(9)16/h4-5,11-12,16H,1-3,6-8H2. The van der Waals surface area contributed by atoms with Gasteiger partial charge in [0, 0.05) is 24.0 Å². The SMILES string of the molecule is OC1CCCc2c1ccn2CCOCC(F)F. The molecule has 1 N–H and O–H groups in total. The fourth-order valence-corrected chi connectivity index (χ4v) is 2.28. The number of rotatable bonds is 5. The van der Waals surface area contributed by atoms with Gasteiger partial charge in [-0.15, -0.1) is 0 Å². The van der Waals surface area contributed by atoms with Gasteiger partial charge in [-0.3, -0.25) is 0 Å². The second-order valence-electron chi connectivity index (χ2n) is 4.29. The quantitative estimate of drug-likeness (QED) is 0.806. The number of hydrogen-bond acceptors (Lipinski definition) is 2. The van der Waals surface area contributed by atoms with Gasteiger partial charge < -0.3 is 14.4 Å². The van der Waals surface area contributed by atoms with Gasteiger partial charge in [0.2, 0.25) is 0 Å². The lowest BCUT2D eigenvalue weighted by Gasteiger charge is -2.20. The Hall–Kier alpha value is -0.940. The fourth-order valence-electron chi connectivity index (χ4n) is 2.28. The van der Waals surface area contributed by atoms with Crippen molar-refractivity contribution in [3.8, 4) is 0 Å². The Morgan fingerprint density at radius 3 is 3.12 bits per heavy atom. The lowest BCUT2D eigenvalue weighted by Crippen LogP contribution is -2.15. The van der Waals surface area contributed by atoms with E-state index in [1.54, 1.807) is 0 Å². The van der Waals surface area contributed by atoms with Crippen molar-refractivity contribution in [2.45, 2.75) is 38.3 Å². The molecule has 0 bridgehead atoms. The minimum absolute atomic E-state index is 0.279. The monoisotopic (exact) mass is 245 g/mol. The zero-order valence-corrected chi connectivity index (χ0v) is 9.61. The van der Waals surface area contributed by atoms with Crippen LogP contribution < -0.4 is 0 Å². The van der Waals surface area contributed by atoms with Crippen molar-refractivity contribution < 1.29 is 18.6 Å². The van der Waals surface area contributed by atoms with E-state index < -0.39 is 13.0 Å². The lowest BCUT2D eigenvalue weighted by atomic mass is 9.95. The third kappa shape index (κ3) is 3.04. The summed E-state index contributed by atoms with van der Waals surface area (Å²) in [6, 6.07) is 1.91. The molecule has 0 aliphatic heterocycles. The minimum atomic E-state index is -2.41. The molecule has 1 unspecified atom stereocenters. The number of nitrogens with zero attached hydrogens (tertiary/aromatic N) is 1. The first-order valence-corrected chi connectivity index (χ1v) is 5.90. The third-order valence-corrected chi connectivity index (χ3v) is 3.08. The van der Waals surface area contributed by atoms with Crippen LogP contribution in [0.3, 0.4) is 0 Å². The van der Waals surface area contributed by atoms with E-state index >= 15 is 0 Å². The first-order valence-electron chi connectivity index (χ1n) is 5.90. The van der Waals surface area contributed by atoms with Crippen LogP contribution in [-0.4, -0.2) is 29.3 Å². The normalized spacial score (nSPS) is 19.6. The first kappa shape index (κ1) is 12.5. The molecule has 1 atom stereocenters. The molecule has 0 aromatic carbocycles. The van der Waals surface area contributed by atoms with E-state index in [-0.39, 0.29) is 12.7 Å². The van der Waals surface area contributed by atoms with Crippen molar-refractivity contribution in [1.82, 2.24) is 4.57 Å². The van der Waals surface area contributed by atoms with Crippen LogP contribution in [0, 0.1) is 0 Å². The number of fused-ring (bicyclic) bond motifs is 1. The molecule has 5 heteroatoms. The highest BCUT2D eigenvalue weighted by molar-refractivity contribution is 5.27. The number of ether oxygens (including phenoxy) is 1. The molecular weight excluding hydrogens is 228 g/mol. The smallest absolute Gasteiger partial charge is 0.261 e. The zero-order chi connectivity index (χ0) is 12.3. The predicted octanol–water partition coefficient (Wildman–Crippen LogP) is 2.14. The number of aliphatic hydroxyl groups excluding tert-OH is 1. The van der Waals surface area contributed by atoms with Crippen molar-refractivity contribution in [1.29, 1.82) is 0 Å². The predicted molar refractivity (Wildman–Crippen MR) is 59.2 cm³/mol. The summed E-state index contributed by atoms with van der Waals surface area (Å²) < 4.78 is 30.6. The summed E-state index contributed by atoms with van der Waals surface area (Å²) >= 11 is 0. The highest BCUT2D eigenvalue weighted by Crippen LogP contribution is 2.30. The summed E-state index contributed by atoms with van der Waals surface area (Å²) in [5.41, 5.74) is 2.09. The summed E-state index contributed by atoms with van der Waals surface area (Å²) in [6.45, 7) is 0.336. The molecule has 3 nitrogen and oxygen atoms in total. The molecule has 0 radical (unpaired) electrons. The molecule has 1 heterocycles. The fraction of sp³-hybridized carbons (Fsp3) is 0.667. The maximum Gasteiger partial charge on any atom is 0.261 e. The number of alkyl halides is 2. The first-order chi connectivity index (χ1) is 8.18. The molecule has 0 saturated carbocycles. The molecule has 1 aliphatic rings. The van der Waals surface area contributed by atoms with E-state index in [1.165, 1.54) is 0 Å². The van der Waals surface area contributed by atoms with Gasteiger partial charge >= 0.3 is 0 Å². The topological polar surface area (TPSA) is 34.4 Å². The zero-order valence-electron chi connectivity index (χ0n) is 9.61. The van der Waals surface area contributed by atoms with E-state index in [1.807, 2.05) is 16.8 Å². The maximum absolute atomic E-state index is 11.9. The van der Waals surface area contributed by atoms with Crippen molar-refractivity contribution in [2.75, 3.05) is 13.2 Å². The van der Waals surface area contributed by atoms with Crippen LogP contribution >= 0.6 is 0 Å². The second kappa shape index (κ2) is 5.60. The third-order valence-electron chi connectivity index (χ3n) is 3.08. The number of aliphatic hydroxyl groups is 1. The van der Waals surface area contributed by atoms with Crippen molar-refractivity contribution in [3.63, 3.8) is 0 Å². The Morgan fingerprint density at radius 2 is 2.35 bits per heavy atom. The Bertz CT molecular complexity index is 365. The van der Waals surface area contributed by atoms with Gasteiger partial charge in [0.25, 0.3) is 6.43 Å². The van der Waals surface area contributed by atoms with Gasteiger partial charge in [-0.2, -0.15) is 0 Å². The minimum Gasteiger partial charge on any atom is -0.388 e. The van der Waals surface area contributed by atoms with Crippen molar-refractivity contribution >= 4 is 0 Å². The highest BCUT2D eigenvalue weighted by Gasteiger charge is 2.20. The van der Waals surface area contributed by atoms with Gasteiger partial charge in [0.1, 0.15) is 6.61 Å². The number of hydrogen-bond donors (Lipinski definition) is 1. The van der Waals surface area contributed by atoms with Crippen molar-refractivity contribution in [2.24, 2.45) is 0 Å². The van der Waals surface area contributed by atoms with Gasteiger partial charge in [0.05, 0.1) is 12.7 Å². The molecule has 0 spiro atoms. The van der Waals surface area contributed by atoms with E-state index in [0.717, 1.165) is 30.5 Å². The second-order valence-corrected chi connectivity index (χ2v) is 4.29. The van der Waals surface area contributed by atoms with Crippen LogP contribution in [0.1, 0.15) is 30.2 Å². The van der Waals surface area contributed by atoms with E-state index in [9.17, 15) is 13.9 Å². The molecule has 0 saturated heterocycles. The van der Waals surface area contributed by atoms with Gasteiger partial charge in [0.15, 0.2) is 0 Å². The molecule has 17 heavy (non-hydrogen) atoms. The molecule has 2 rings (SSSR count). The Morgan fingerprint density at radius 1 is 1.53 bits per heavy atom. The van der Waals surface area contributed by atoms with Crippen LogP contribution in [0.25, 0.3) is 0 Å². The largest absolute Gasteiger partial charge is 0.388 e. The molecule has 0 fully saturated rings. The summed E-state index contributed by atoms with van der Waals surface area (Å²) in [6.07, 6.45) is 1.83. The Kier molecular flexibility index (Phi) is 4.12. The van der Waals surface area contributed by atoms with Gasteiger partial charge in [-0.05, 0) is 25.3 Å². The van der Waals surface area contributed by atoms with Crippen LogP contribution in [0.5, 0.6) is 0 Å². The highest BCUT2D eigenvalue weighted by atomic mass is 19.3. The molecule has 96 valence electrons. The molecule has 1 aliphatic carbocycles. The summed E-state index contributed by atoms with van der Waals surface area (Å²) in [5, 5.41) is 9.78. The van der Waals surface area contributed by atoms with Crippen LogP contribution in [0.4, 0.5) is 8.78 Å². The van der Waals surface area contributed by atoms with Crippen LogP contribution in [-0.2, 0) is 17.7 Å². The number of halogens is 2. The average Bonchev–Trinajstić information content (AvgIpc) is 2.69. The Labute approximate surface area is 99.0 Å². The number of aromatic nitrogens is 1. The van der Waals surface area contributed by atoms with Gasteiger partial charge in [-0.1, -0.05) is 0 Å². The Balaban J connectivity index is 1.89. The van der Waals surface area contributed by atoms with Gasteiger partial charge in [-0.25, -0.2) is 8.78 Å². The van der Waals surface area contributed by atoms with Crippen LogP contribution in [0.15, 0.2) is 12.3 Å². The van der Waals surface area contributed by atoms with E-state index in [0.29, 0.717) is 6.54 Å². The average molecular weight is 245 g/mol. The van der Waals surface area contributed by atoms with E-state index in [2.05, 4.69) is 0 Å². The lowest BCUT2D eigenvalue weighted by molar-refractivity contribution is 0.0145. The summed E-state index contributed by atoms with van der Waals surface area (Å²) in [7, 11) is 0. The van der Waals surface area contributed by atoms with Crippen molar-refractivity contribution in [3.05, 3.63) is 23.5 Å². The molecule has 1 aromatic heterocycles.